The van der Waals surface area contributed by atoms with E-state index >= 15 is 0 Å². The highest BCUT2D eigenvalue weighted by Gasteiger charge is 2.18. The summed E-state index contributed by atoms with van der Waals surface area (Å²) in [4.78, 5) is 18.9. The molecule has 0 radical (unpaired) electrons. The number of carbonyl (C=O) groups is 1. The summed E-state index contributed by atoms with van der Waals surface area (Å²) >= 11 is 1.61. The number of nitrogens with zero attached hydrogens (tertiary/aromatic N) is 5. The van der Waals surface area contributed by atoms with Gasteiger partial charge >= 0.3 is 0 Å². The second-order valence-corrected chi connectivity index (χ2v) is 8.15. The Labute approximate surface area is 162 Å². The van der Waals surface area contributed by atoms with Gasteiger partial charge in [0.15, 0.2) is 5.69 Å². The second-order valence-electron chi connectivity index (χ2n) is 7.04. The highest BCUT2D eigenvalue weighted by Crippen LogP contribution is 2.22. The summed E-state index contributed by atoms with van der Waals surface area (Å²) in [5.74, 6) is -0.128. The first-order chi connectivity index (χ1) is 13.2. The first-order valence-corrected chi connectivity index (χ1v) is 10.2. The van der Waals surface area contributed by atoms with Crippen molar-refractivity contribution in [2.24, 2.45) is 0 Å². The smallest absolute Gasteiger partial charge is 0.276 e. The summed E-state index contributed by atoms with van der Waals surface area (Å²) in [6.45, 7) is 2.35. The lowest BCUT2D eigenvalue weighted by Crippen LogP contribution is -2.34. The van der Waals surface area contributed by atoms with Gasteiger partial charge in [-0.1, -0.05) is 23.8 Å². The van der Waals surface area contributed by atoms with Gasteiger partial charge in [0.05, 0.1) is 23.0 Å². The minimum atomic E-state index is -0.128. The maximum Gasteiger partial charge on any atom is 0.276 e. The zero-order valence-electron chi connectivity index (χ0n) is 15.5. The lowest BCUT2D eigenvalue weighted by Gasteiger charge is -2.23. The van der Waals surface area contributed by atoms with Crippen molar-refractivity contribution in [3.05, 3.63) is 41.2 Å². The molecular weight excluding hydrogens is 360 g/mol. The van der Waals surface area contributed by atoms with E-state index in [1.807, 2.05) is 24.3 Å². The normalized spacial score (nSPS) is 17.3. The van der Waals surface area contributed by atoms with Gasteiger partial charge in [0, 0.05) is 19.6 Å². The highest BCUT2D eigenvalue weighted by molar-refractivity contribution is 7.18. The number of aryl methyl sites for hydroxylation is 1. The Balaban J connectivity index is 1.35. The van der Waals surface area contributed by atoms with Gasteiger partial charge in [0.25, 0.3) is 5.91 Å². The van der Waals surface area contributed by atoms with Gasteiger partial charge in [0.2, 0.25) is 0 Å². The van der Waals surface area contributed by atoms with E-state index in [4.69, 9.17) is 0 Å². The molecule has 1 N–H and O–H groups in total. The van der Waals surface area contributed by atoms with Gasteiger partial charge in [0.1, 0.15) is 5.01 Å². The predicted octanol–water partition coefficient (Wildman–Crippen LogP) is 2.69. The van der Waals surface area contributed by atoms with Gasteiger partial charge < -0.3 is 10.2 Å². The molecule has 2 aromatic heterocycles. The van der Waals surface area contributed by atoms with Crippen LogP contribution >= 0.6 is 11.3 Å². The largest absolute Gasteiger partial charge is 0.333 e. The average Bonchev–Trinajstić information content (AvgIpc) is 3.33. The Morgan fingerprint density at radius 3 is 3.07 bits per heavy atom. The fourth-order valence-electron chi connectivity index (χ4n) is 3.42. The number of hydrogen-bond acceptors (Lipinski definition) is 6. The van der Waals surface area contributed by atoms with Gasteiger partial charge in [-0.25, -0.2) is 4.98 Å². The number of piperidine rings is 1. The zero-order valence-corrected chi connectivity index (χ0v) is 16.3. The van der Waals surface area contributed by atoms with E-state index in [0.29, 0.717) is 18.3 Å². The van der Waals surface area contributed by atoms with Crippen molar-refractivity contribution in [1.82, 2.24) is 30.2 Å². The SMILES string of the molecule is CN(Cc1nc2ccccc2s1)C(=O)c1cn(CC[C@H]2CCCCN2)nn1. The van der Waals surface area contributed by atoms with Crippen LogP contribution in [0.4, 0.5) is 0 Å². The van der Waals surface area contributed by atoms with Crippen LogP contribution in [0.1, 0.15) is 41.2 Å². The van der Waals surface area contributed by atoms with Gasteiger partial charge in [-0.2, -0.15) is 0 Å². The van der Waals surface area contributed by atoms with Crippen LogP contribution in [0.5, 0.6) is 0 Å². The zero-order chi connectivity index (χ0) is 18.6. The molecule has 4 rings (SSSR count). The molecule has 7 nitrogen and oxygen atoms in total. The molecule has 1 aromatic carbocycles. The van der Waals surface area contributed by atoms with Crippen LogP contribution in [0, 0.1) is 0 Å². The van der Waals surface area contributed by atoms with Crippen LogP contribution in [0.3, 0.4) is 0 Å². The first-order valence-electron chi connectivity index (χ1n) is 9.42. The van der Waals surface area contributed by atoms with Crippen molar-refractivity contribution in [2.75, 3.05) is 13.6 Å². The number of para-hydroxylation sites is 1. The summed E-state index contributed by atoms with van der Waals surface area (Å²) in [7, 11) is 1.78. The Hall–Kier alpha value is -2.32. The fourth-order valence-corrected chi connectivity index (χ4v) is 4.44. The maximum atomic E-state index is 12.7. The van der Waals surface area contributed by atoms with Gasteiger partial charge in [-0.3, -0.25) is 9.48 Å². The van der Waals surface area contributed by atoms with E-state index in [0.717, 1.165) is 34.7 Å². The molecule has 1 saturated heterocycles. The number of rotatable bonds is 6. The molecule has 1 aliphatic heterocycles. The molecule has 1 fully saturated rings. The number of hydrogen-bond donors (Lipinski definition) is 1. The van der Waals surface area contributed by atoms with Crippen molar-refractivity contribution in [1.29, 1.82) is 0 Å². The molecule has 1 atom stereocenters. The Morgan fingerprint density at radius 2 is 2.26 bits per heavy atom. The lowest BCUT2D eigenvalue weighted by atomic mass is 10.0. The Morgan fingerprint density at radius 1 is 1.37 bits per heavy atom. The van der Waals surface area contributed by atoms with Crippen LogP contribution in [0.15, 0.2) is 30.5 Å². The molecular formula is C19H24N6OS. The summed E-state index contributed by atoms with van der Waals surface area (Å²) in [5, 5.41) is 12.6. The van der Waals surface area contributed by atoms with Gasteiger partial charge in [-0.15, -0.1) is 16.4 Å². The number of carbonyl (C=O) groups excluding carboxylic acids is 1. The average molecular weight is 385 g/mol. The molecule has 0 bridgehead atoms. The van der Waals surface area contributed by atoms with Crippen LogP contribution < -0.4 is 5.32 Å². The second kappa shape index (κ2) is 8.14. The number of nitrogens with one attached hydrogen (secondary N) is 1. The van der Waals surface area contributed by atoms with Crippen LogP contribution in [0.25, 0.3) is 10.2 Å². The van der Waals surface area contributed by atoms with E-state index in [9.17, 15) is 4.79 Å². The third-order valence-electron chi connectivity index (χ3n) is 4.93. The minimum Gasteiger partial charge on any atom is -0.333 e. The topological polar surface area (TPSA) is 75.9 Å². The van der Waals surface area contributed by atoms with Crippen molar-refractivity contribution in [2.45, 2.75) is 44.8 Å². The van der Waals surface area contributed by atoms with E-state index in [1.54, 1.807) is 34.2 Å². The maximum absolute atomic E-state index is 12.7. The van der Waals surface area contributed by atoms with Crippen molar-refractivity contribution >= 4 is 27.5 Å². The van der Waals surface area contributed by atoms with E-state index in [2.05, 4.69) is 20.6 Å². The van der Waals surface area contributed by atoms with Crippen molar-refractivity contribution < 1.29 is 4.79 Å². The summed E-state index contributed by atoms with van der Waals surface area (Å²) in [6.07, 6.45) is 6.53. The number of amides is 1. The molecule has 0 saturated carbocycles. The molecule has 3 aromatic rings. The Bertz CT molecular complexity index is 881. The Kier molecular flexibility index (Phi) is 5.45. The van der Waals surface area contributed by atoms with Gasteiger partial charge in [-0.05, 0) is 37.9 Å². The van der Waals surface area contributed by atoms with E-state index < -0.39 is 0 Å². The minimum absolute atomic E-state index is 0.128. The van der Waals surface area contributed by atoms with Crippen LogP contribution in [-0.4, -0.2) is 50.4 Å². The molecule has 1 amide bonds. The number of fused-ring (bicyclic) bond motifs is 1. The standard InChI is InChI=1S/C19H24N6OS/c1-24(13-18-21-15-7-2-3-8-17(15)27-18)19(26)16-12-25(23-22-16)11-9-14-6-4-5-10-20-14/h2-3,7-8,12,14,20H,4-6,9-11,13H2,1H3/t14-/m1/s1. The van der Waals surface area contributed by atoms with Crippen LogP contribution in [0.2, 0.25) is 0 Å². The van der Waals surface area contributed by atoms with Crippen molar-refractivity contribution in [3.63, 3.8) is 0 Å². The summed E-state index contributed by atoms with van der Waals surface area (Å²) < 4.78 is 2.91. The summed E-state index contributed by atoms with van der Waals surface area (Å²) in [6, 6.07) is 8.56. The van der Waals surface area contributed by atoms with Crippen molar-refractivity contribution in [3.8, 4) is 0 Å². The lowest BCUT2D eigenvalue weighted by molar-refractivity contribution is 0.0779. The predicted molar refractivity (Wildman–Crippen MR) is 106 cm³/mol. The molecule has 1 aliphatic rings. The first kappa shape index (κ1) is 18.1. The molecule has 0 unspecified atom stereocenters. The van der Waals surface area contributed by atoms with E-state index in [-0.39, 0.29) is 5.91 Å². The molecule has 27 heavy (non-hydrogen) atoms. The highest BCUT2D eigenvalue weighted by atomic mass is 32.1. The third kappa shape index (κ3) is 4.33. The van der Waals surface area contributed by atoms with Crippen LogP contribution in [-0.2, 0) is 13.1 Å². The number of benzene rings is 1. The molecule has 8 heteroatoms. The number of aromatic nitrogens is 4. The monoisotopic (exact) mass is 384 g/mol. The third-order valence-corrected chi connectivity index (χ3v) is 5.96. The summed E-state index contributed by atoms with van der Waals surface area (Å²) in [5.41, 5.74) is 1.36. The quantitative estimate of drug-likeness (QED) is 0.707. The molecule has 0 aliphatic carbocycles. The molecule has 0 spiro atoms. The molecule has 142 valence electrons. The fraction of sp³-hybridized carbons (Fsp3) is 0.474. The number of thiazole rings is 1. The molecule has 3 heterocycles. The van der Waals surface area contributed by atoms with E-state index in [1.165, 1.54) is 19.3 Å².